The maximum Gasteiger partial charge on any atom is 0.416 e. The first-order chi connectivity index (χ1) is 8.86. The molecule has 0 aliphatic rings. The van der Waals surface area contributed by atoms with Crippen molar-refractivity contribution in [3.05, 3.63) is 53.1 Å². The monoisotopic (exact) mass is 286 g/mol. The number of halogens is 4. The summed E-state index contributed by atoms with van der Waals surface area (Å²) in [6, 6.07) is 9.94. The molecule has 2 aromatic rings. The molecule has 3 N–H and O–H groups in total. The first-order valence-corrected chi connectivity index (χ1v) is 5.73. The number of hydrogen-bond donors (Lipinski definition) is 2. The van der Waals surface area contributed by atoms with Gasteiger partial charge in [0.2, 0.25) is 0 Å². The summed E-state index contributed by atoms with van der Waals surface area (Å²) >= 11 is 5.74. The van der Waals surface area contributed by atoms with Crippen molar-refractivity contribution in [3.63, 3.8) is 0 Å². The van der Waals surface area contributed by atoms with E-state index in [0.29, 0.717) is 16.4 Å². The highest BCUT2D eigenvalue weighted by molar-refractivity contribution is 6.30. The molecule has 100 valence electrons. The Kier molecular flexibility index (Phi) is 3.57. The van der Waals surface area contributed by atoms with Gasteiger partial charge in [0.05, 0.1) is 16.9 Å². The van der Waals surface area contributed by atoms with Gasteiger partial charge in [-0.3, -0.25) is 0 Å². The van der Waals surface area contributed by atoms with E-state index in [2.05, 4.69) is 5.32 Å². The summed E-state index contributed by atoms with van der Waals surface area (Å²) in [5, 5.41) is 3.50. The Balaban J connectivity index is 2.24. The lowest BCUT2D eigenvalue weighted by molar-refractivity contribution is -0.137. The zero-order chi connectivity index (χ0) is 14.0. The van der Waals surface area contributed by atoms with E-state index >= 15 is 0 Å². The highest BCUT2D eigenvalue weighted by Crippen LogP contribution is 2.33. The average Bonchev–Trinajstić information content (AvgIpc) is 2.33. The second kappa shape index (κ2) is 5.01. The quantitative estimate of drug-likeness (QED) is 0.786. The van der Waals surface area contributed by atoms with Gasteiger partial charge in [0.1, 0.15) is 0 Å². The molecule has 0 saturated heterocycles. The third-order valence-electron chi connectivity index (χ3n) is 2.50. The van der Waals surface area contributed by atoms with Crippen LogP contribution < -0.4 is 11.1 Å². The van der Waals surface area contributed by atoms with Crippen molar-refractivity contribution in [2.45, 2.75) is 6.18 Å². The first kappa shape index (κ1) is 13.5. The summed E-state index contributed by atoms with van der Waals surface area (Å²) in [5.41, 5.74) is 5.97. The van der Waals surface area contributed by atoms with E-state index in [1.54, 1.807) is 24.3 Å². The Hall–Kier alpha value is -1.88. The van der Waals surface area contributed by atoms with E-state index in [-0.39, 0.29) is 5.69 Å². The molecule has 0 fully saturated rings. The molecule has 0 spiro atoms. The van der Waals surface area contributed by atoms with Gasteiger partial charge in [-0.2, -0.15) is 13.2 Å². The van der Waals surface area contributed by atoms with Gasteiger partial charge >= 0.3 is 6.18 Å². The second-order valence-corrected chi connectivity index (χ2v) is 4.37. The van der Waals surface area contributed by atoms with Gasteiger partial charge < -0.3 is 11.1 Å². The minimum atomic E-state index is -4.40. The number of nitrogens with two attached hydrogens (primary N) is 1. The van der Waals surface area contributed by atoms with Crippen LogP contribution in [-0.2, 0) is 6.18 Å². The van der Waals surface area contributed by atoms with Gasteiger partial charge in [-0.05, 0) is 42.5 Å². The van der Waals surface area contributed by atoms with Crippen LogP contribution >= 0.6 is 11.6 Å². The van der Waals surface area contributed by atoms with Gasteiger partial charge in [0.15, 0.2) is 0 Å². The van der Waals surface area contributed by atoms with Gasteiger partial charge in [0.25, 0.3) is 0 Å². The third-order valence-corrected chi connectivity index (χ3v) is 2.75. The van der Waals surface area contributed by atoms with Gasteiger partial charge in [0, 0.05) is 10.7 Å². The first-order valence-electron chi connectivity index (χ1n) is 5.35. The van der Waals surface area contributed by atoms with Crippen molar-refractivity contribution >= 4 is 28.7 Å². The van der Waals surface area contributed by atoms with E-state index in [0.717, 1.165) is 12.1 Å². The third kappa shape index (κ3) is 3.32. The Morgan fingerprint density at radius 3 is 2.16 bits per heavy atom. The number of alkyl halides is 3. The minimum Gasteiger partial charge on any atom is -0.397 e. The fraction of sp³-hybridized carbons (Fsp3) is 0.0769. The molecular formula is C13H10ClF3N2. The van der Waals surface area contributed by atoms with Crippen molar-refractivity contribution in [2.75, 3.05) is 11.1 Å². The van der Waals surface area contributed by atoms with Crippen LogP contribution in [0.2, 0.25) is 5.02 Å². The lowest BCUT2D eigenvalue weighted by Crippen LogP contribution is -2.06. The van der Waals surface area contributed by atoms with Crippen LogP contribution in [-0.4, -0.2) is 0 Å². The maximum absolute atomic E-state index is 12.5. The maximum atomic E-state index is 12.5. The zero-order valence-electron chi connectivity index (χ0n) is 9.63. The SMILES string of the molecule is Nc1cc(C(F)(F)F)ccc1Nc1ccc(Cl)cc1. The fourth-order valence-corrected chi connectivity index (χ4v) is 1.67. The largest absolute Gasteiger partial charge is 0.416 e. The lowest BCUT2D eigenvalue weighted by Gasteiger charge is -2.12. The average molecular weight is 287 g/mol. The van der Waals surface area contributed by atoms with Gasteiger partial charge in [-0.25, -0.2) is 0 Å². The number of anilines is 3. The Morgan fingerprint density at radius 1 is 1.00 bits per heavy atom. The van der Waals surface area contributed by atoms with Crippen molar-refractivity contribution in [3.8, 4) is 0 Å². The predicted octanol–water partition coefficient (Wildman–Crippen LogP) is 4.68. The number of nitrogens with one attached hydrogen (secondary N) is 1. The molecule has 0 saturated carbocycles. The topological polar surface area (TPSA) is 38.0 Å². The molecule has 19 heavy (non-hydrogen) atoms. The Morgan fingerprint density at radius 2 is 1.63 bits per heavy atom. The fourth-order valence-electron chi connectivity index (χ4n) is 1.54. The molecule has 0 aliphatic heterocycles. The highest BCUT2D eigenvalue weighted by Gasteiger charge is 2.30. The molecule has 0 unspecified atom stereocenters. The van der Waals surface area contributed by atoms with Crippen molar-refractivity contribution < 1.29 is 13.2 Å². The summed E-state index contributed by atoms with van der Waals surface area (Å²) in [4.78, 5) is 0. The Labute approximate surface area is 113 Å². The van der Waals surface area contributed by atoms with Crippen molar-refractivity contribution in [1.82, 2.24) is 0 Å². The minimum absolute atomic E-state index is 0.0322. The smallest absolute Gasteiger partial charge is 0.397 e. The summed E-state index contributed by atoms with van der Waals surface area (Å²) in [6.45, 7) is 0. The van der Waals surface area contributed by atoms with Crippen molar-refractivity contribution in [2.24, 2.45) is 0 Å². The van der Waals surface area contributed by atoms with Crippen LogP contribution in [0.15, 0.2) is 42.5 Å². The molecule has 2 rings (SSSR count). The number of hydrogen-bond acceptors (Lipinski definition) is 2. The molecule has 0 heterocycles. The highest BCUT2D eigenvalue weighted by atomic mass is 35.5. The molecule has 6 heteroatoms. The molecule has 2 nitrogen and oxygen atoms in total. The summed E-state index contributed by atoms with van der Waals surface area (Å²) < 4.78 is 37.4. The second-order valence-electron chi connectivity index (χ2n) is 3.93. The molecule has 2 aromatic carbocycles. The number of benzene rings is 2. The number of nitrogen functional groups attached to an aromatic ring is 1. The molecular weight excluding hydrogens is 277 g/mol. The van der Waals surface area contributed by atoms with Gasteiger partial charge in [-0.15, -0.1) is 0 Å². The molecule has 0 aromatic heterocycles. The molecule has 0 radical (unpaired) electrons. The van der Waals surface area contributed by atoms with Crippen LogP contribution in [0, 0.1) is 0 Å². The van der Waals surface area contributed by atoms with E-state index in [1.165, 1.54) is 6.07 Å². The molecule has 0 amide bonds. The van der Waals surface area contributed by atoms with Crippen LogP contribution in [0.3, 0.4) is 0 Å². The normalized spacial score (nSPS) is 11.4. The van der Waals surface area contributed by atoms with Crippen LogP contribution in [0.25, 0.3) is 0 Å². The Bertz CT molecular complexity index is 579. The van der Waals surface area contributed by atoms with Gasteiger partial charge in [-0.1, -0.05) is 11.6 Å². The number of rotatable bonds is 2. The van der Waals surface area contributed by atoms with E-state index in [4.69, 9.17) is 17.3 Å². The van der Waals surface area contributed by atoms with Crippen LogP contribution in [0.5, 0.6) is 0 Å². The molecule has 0 aliphatic carbocycles. The molecule has 0 atom stereocenters. The summed E-state index contributed by atoms with van der Waals surface area (Å²) in [5.74, 6) is 0. The molecule has 0 bridgehead atoms. The predicted molar refractivity (Wildman–Crippen MR) is 70.6 cm³/mol. The van der Waals surface area contributed by atoms with E-state index in [1.807, 2.05) is 0 Å². The van der Waals surface area contributed by atoms with E-state index < -0.39 is 11.7 Å². The van der Waals surface area contributed by atoms with Crippen molar-refractivity contribution in [1.29, 1.82) is 0 Å². The standard InChI is InChI=1S/C13H10ClF3N2/c14-9-2-4-10(5-3-9)19-12-6-1-8(7-11(12)18)13(15,16)17/h1-7,19H,18H2. The van der Waals surface area contributed by atoms with Crippen LogP contribution in [0.4, 0.5) is 30.2 Å². The van der Waals surface area contributed by atoms with E-state index in [9.17, 15) is 13.2 Å². The van der Waals surface area contributed by atoms with Crippen LogP contribution in [0.1, 0.15) is 5.56 Å². The summed E-state index contributed by atoms with van der Waals surface area (Å²) in [6.07, 6.45) is -4.40. The zero-order valence-corrected chi connectivity index (χ0v) is 10.4. The summed E-state index contributed by atoms with van der Waals surface area (Å²) in [7, 11) is 0. The lowest BCUT2D eigenvalue weighted by atomic mass is 10.1.